The maximum absolute atomic E-state index is 13.5. The molecule has 2 fully saturated rings. The number of nitrogens with one attached hydrogen (secondary N) is 2. The van der Waals surface area contributed by atoms with Gasteiger partial charge in [0.05, 0.1) is 36.1 Å². The number of carbonyl (C=O) groups is 5. The number of amides is 3. The van der Waals surface area contributed by atoms with Gasteiger partial charge in [0.25, 0.3) is 11.8 Å². The Hall–Kier alpha value is -5.01. The van der Waals surface area contributed by atoms with Crippen LogP contribution in [0.1, 0.15) is 76.1 Å². The quantitative estimate of drug-likeness (QED) is 0.133. The molecule has 2 aliphatic rings. The standard InChI is InChI=1S/C28H32N6O8/c1-15-3-4-17(26(38)32-18-5-6-18)11-21(15)33-25(31-13-29)24-16(2)20(12-30-24)27(39)34(19-7-8-19)28(40)42-14-41-23(37)10-9-22(35)36/h3-4,11-13,18-19,30H,5-10,14H2,1-2H3,(H,32,38)(H,35,36)(H2,29,31,33). The number of aliphatic carboxylic acids is 1. The van der Waals surface area contributed by atoms with Crippen molar-refractivity contribution in [1.82, 2.24) is 15.2 Å². The number of nitrogens with two attached hydrogens (primary N) is 1. The van der Waals surface area contributed by atoms with E-state index in [1.54, 1.807) is 25.1 Å². The molecule has 42 heavy (non-hydrogen) atoms. The van der Waals surface area contributed by atoms with E-state index in [0.29, 0.717) is 35.3 Å². The number of aryl methyl sites for hydroxylation is 1. The molecule has 0 unspecified atom stereocenters. The van der Waals surface area contributed by atoms with Crippen LogP contribution in [0.5, 0.6) is 0 Å². The van der Waals surface area contributed by atoms with Crippen molar-refractivity contribution < 1.29 is 38.6 Å². The predicted octanol–water partition coefficient (Wildman–Crippen LogP) is 2.70. The van der Waals surface area contributed by atoms with Crippen LogP contribution >= 0.6 is 0 Å². The van der Waals surface area contributed by atoms with Crippen molar-refractivity contribution in [2.45, 2.75) is 64.5 Å². The molecule has 1 aromatic carbocycles. The smallest absolute Gasteiger partial charge is 0.419 e. The normalized spacial score (nSPS) is 14.9. The number of aromatic amines is 1. The van der Waals surface area contributed by atoms with Gasteiger partial charge in [0, 0.05) is 23.8 Å². The summed E-state index contributed by atoms with van der Waals surface area (Å²) in [6.07, 6.45) is 3.78. The highest BCUT2D eigenvalue weighted by Gasteiger charge is 2.40. The molecule has 2 aromatic rings. The number of esters is 1. The number of aliphatic imine (C=N–C) groups is 2. The van der Waals surface area contributed by atoms with Crippen LogP contribution in [0.25, 0.3) is 0 Å². The molecule has 2 aliphatic carbocycles. The number of carboxylic acid groups (broad SMARTS) is 1. The first-order valence-corrected chi connectivity index (χ1v) is 13.4. The van der Waals surface area contributed by atoms with E-state index in [1.165, 1.54) is 6.20 Å². The van der Waals surface area contributed by atoms with Crippen LogP contribution in [0.4, 0.5) is 10.5 Å². The Balaban J connectivity index is 1.51. The largest absolute Gasteiger partial charge is 0.481 e. The van der Waals surface area contributed by atoms with E-state index in [2.05, 4.69) is 20.3 Å². The number of H-pyrrole nitrogens is 1. The number of carboxylic acids is 1. The van der Waals surface area contributed by atoms with E-state index in [1.807, 2.05) is 6.92 Å². The van der Waals surface area contributed by atoms with Crippen molar-refractivity contribution in [2.24, 2.45) is 15.7 Å². The van der Waals surface area contributed by atoms with E-state index < -0.39 is 37.2 Å². The monoisotopic (exact) mass is 580 g/mol. The van der Waals surface area contributed by atoms with E-state index >= 15 is 0 Å². The second-order valence-corrected chi connectivity index (χ2v) is 10.0. The van der Waals surface area contributed by atoms with Crippen molar-refractivity contribution in [3.05, 3.63) is 52.3 Å². The zero-order valence-electron chi connectivity index (χ0n) is 23.2. The van der Waals surface area contributed by atoms with Gasteiger partial charge in [0.2, 0.25) is 6.79 Å². The van der Waals surface area contributed by atoms with Crippen molar-refractivity contribution >= 4 is 47.7 Å². The number of amidine groups is 1. The van der Waals surface area contributed by atoms with Gasteiger partial charge in [0.15, 0.2) is 5.84 Å². The molecule has 0 spiro atoms. The minimum Gasteiger partial charge on any atom is -0.481 e. The van der Waals surface area contributed by atoms with Crippen molar-refractivity contribution in [1.29, 1.82) is 0 Å². The van der Waals surface area contributed by atoms with E-state index in [0.717, 1.165) is 29.6 Å². The van der Waals surface area contributed by atoms with E-state index in [-0.39, 0.29) is 35.8 Å². The summed E-state index contributed by atoms with van der Waals surface area (Å²) < 4.78 is 9.72. The average molecular weight is 581 g/mol. The zero-order chi connectivity index (χ0) is 30.4. The molecule has 3 amide bonds. The van der Waals surface area contributed by atoms with Gasteiger partial charge in [-0.15, -0.1) is 0 Å². The Labute approximate surface area is 241 Å². The lowest BCUT2D eigenvalue weighted by Crippen LogP contribution is -2.39. The highest BCUT2D eigenvalue weighted by atomic mass is 16.7. The molecule has 0 atom stereocenters. The van der Waals surface area contributed by atoms with Gasteiger partial charge in [-0.3, -0.25) is 19.2 Å². The fraction of sp³-hybridized carbons (Fsp3) is 0.393. The first-order valence-electron chi connectivity index (χ1n) is 13.4. The lowest BCUT2D eigenvalue weighted by Gasteiger charge is -2.19. The van der Waals surface area contributed by atoms with Gasteiger partial charge >= 0.3 is 18.0 Å². The Bertz CT molecular complexity index is 1450. The molecule has 0 radical (unpaired) electrons. The first kappa shape index (κ1) is 30.0. The fourth-order valence-electron chi connectivity index (χ4n) is 4.01. The van der Waals surface area contributed by atoms with Crippen molar-refractivity contribution in [3.63, 3.8) is 0 Å². The number of imide groups is 1. The van der Waals surface area contributed by atoms with Gasteiger partial charge < -0.3 is 30.6 Å². The highest BCUT2D eigenvalue weighted by Crippen LogP contribution is 2.31. The van der Waals surface area contributed by atoms with Gasteiger partial charge in [-0.25, -0.2) is 19.7 Å². The van der Waals surface area contributed by atoms with E-state index in [4.69, 9.17) is 20.3 Å². The summed E-state index contributed by atoms with van der Waals surface area (Å²) >= 11 is 0. The van der Waals surface area contributed by atoms with Crippen LogP contribution in [-0.4, -0.2) is 75.9 Å². The van der Waals surface area contributed by atoms with Crippen LogP contribution in [-0.2, 0) is 19.1 Å². The minimum absolute atomic E-state index is 0.158. The first-order chi connectivity index (χ1) is 20.1. The Morgan fingerprint density at radius 3 is 2.50 bits per heavy atom. The summed E-state index contributed by atoms with van der Waals surface area (Å²) in [5, 5.41) is 11.6. The Kier molecular flexibility index (Phi) is 9.35. The van der Waals surface area contributed by atoms with Crippen LogP contribution in [0, 0.1) is 13.8 Å². The summed E-state index contributed by atoms with van der Waals surface area (Å²) in [5.41, 5.74) is 8.32. The third-order valence-corrected chi connectivity index (χ3v) is 6.67. The Morgan fingerprint density at radius 2 is 1.86 bits per heavy atom. The predicted molar refractivity (Wildman–Crippen MR) is 150 cm³/mol. The number of rotatable bonds is 11. The minimum atomic E-state index is -1.17. The topological polar surface area (TPSA) is 206 Å². The third-order valence-electron chi connectivity index (χ3n) is 6.67. The molecule has 4 rings (SSSR count). The third kappa shape index (κ3) is 7.59. The molecule has 14 heteroatoms. The molecular weight excluding hydrogens is 548 g/mol. The molecule has 1 heterocycles. The van der Waals surface area contributed by atoms with Crippen LogP contribution < -0.4 is 11.1 Å². The fourth-order valence-corrected chi connectivity index (χ4v) is 4.01. The molecule has 0 bridgehead atoms. The molecule has 5 N–H and O–H groups in total. The van der Waals surface area contributed by atoms with Crippen LogP contribution in [0.2, 0.25) is 0 Å². The maximum Gasteiger partial charge on any atom is 0.419 e. The number of aromatic nitrogens is 1. The summed E-state index contributed by atoms with van der Waals surface area (Å²) in [5.74, 6) is -2.68. The number of nitrogens with zero attached hydrogens (tertiary/aromatic N) is 3. The molecule has 1 aromatic heterocycles. The lowest BCUT2D eigenvalue weighted by atomic mass is 10.1. The number of hydrogen-bond donors (Lipinski definition) is 4. The molecule has 14 nitrogen and oxygen atoms in total. The average Bonchev–Trinajstić information content (AvgIpc) is 3.88. The SMILES string of the molecule is Cc1ccc(C(=O)NC2CC2)cc1N=C(N=CN)c1[nH]cc(C(=O)N(C(=O)OCOC(=O)CCC(=O)O)C2CC2)c1C. The molecule has 0 aliphatic heterocycles. The van der Waals surface area contributed by atoms with Gasteiger partial charge in [0.1, 0.15) is 0 Å². The van der Waals surface area contributed by atoms with Crippen molar-refractivity contribution in [3.8, 4) is 0 Å². The Morgan fingerprint density at radius 1 is 1.12 bits per heavy atom. The number of carbonyl (C=O) groups excluding carboxylic acids is 4. The molecular formula is C28H32N6O8. The second-order valence-electron chi connectivity index (χ2n) is 10.0. The lowest BCUT2D eigenvalue weighted by molar-refractivity contribution is -0.154. The van der Waals surface area contributed by atoms with Crippen LogP contribution in [0.15, 0.2) is 34.4 Å². The molecule has 0 saturated heterocycles. The second kappa shape index (κ2) is 13.1. The summed E-state index contributed by atoms with van der Waals surface area (Å²) in [6.45, 7) is 2.74. The molecule has 2 saturated carbocycles. The van der Waals surface area contributed by atoms with Gasteiger partial charge in [-0.05, 0) is 62.8 Å². The van der Waals surface area contributed by atoms with Crippen molar-refractivity contribution in [2.75, 3.05) is 6.79 Å². The summed E-state index contributed by atoms with van der Waals surface area (Å²) in [4.78, 5) is 73.7. The maximum atomic E-state index is 13.5. The van der Waals surface area contributed by atoms with E-state index in [9.17, 15) is 24.0 Å². The van der Waals surface area contributed by atoms with Gasteiger partial charge in [-0.1, -0.05) is 6.07 Å². The summed E-state index contributed by atoms with van der Waals surface area (Å²) in [7, 11) is 0. The van der Waals surface area contributed by atoms with Gasteiger partial charge in [-0.2, -0.15) is 0 Å². The zero-order valence-corrected chi connectivity index (χ0v) is 23.2. The molecule has 222 valence electrons. The number of hydrogen-bond acceptors (Lipinski definition) is 8. The number of ether oxygens (including phenoxy) is 2. The summed E-state index contributed by atoms with van der Waals surface area (Å²) in [6, 6.07) is 4.98. The van der Waals surface area contributed by atoms with Crippen LogP contribution in [0.3, 0.4) is 0 Å². The number of benzene rings is 1. The highest BCUT2D eigenvalue weighted by molar-refractivity contribution is 6.09.